The molecule has 2 heterocycles. The summed E-state index contributed by atoms with van der Waals surface area (Å²) in [7, 11) is 1.15. The molecule has 0 amide bonds. The predicted octanol–water partition coefficient (Wildman–Crippen LogP) is 0.522. The maximum atomic E-state index is 13.3. The fraction of sp³-hybridized carbons (Fsp3) is 0.440. The molecule has 0 aromatic carbocycles. The molecule has 0 saturated heterocycles. The molecular formula is C25H31F2LiN2O9. The summed E-state index contributed by atoms with van der Waals surface area (Å²) in [6.07, 6.45) is 1.33. The molecule has 0 saturated carbocycles. The van der Waals surface area contributed by atoms with Gasteiger partial charge in [-0.1, -0.05) is 0 Å². The first-order valence-electron chi connectivity index (χ1n) is 11.0. The Morgan fingerprint density at radius 3 is 1.49 bits per heavy atom. The van der Waals surface area contributed by atoms with E-state index in [9.17, 15) is 28.0 Å². The number of halogens is 2. The number of carbonyl (C=O) groups excluding carboxylic acids is 3. The molecule has 2 rings (SSSR count). The minimum Gasteiger partial charge on any atom is -0.870 e. The number of pyridine rings is 2. The number of esters is 3. The van der Waals surface area contributed by atoms with Gasteiger partial charge < -0.3 is 24.8 Å². The predicted molar refractivity (Wildman–Crippen MR) is 128 cm³/mol. The number of hydrogen-bond acceptors (Lipinski definition) is 10. The molecule has 39 heavy (non-hydrogen) atoms. The molecule has 2 N–H and O–H groups in total. The summed E-state index contributed by atoms with van der Waals surface area (Å²) in [5.74, 6) is -4.98. The molecule has 0 spiro atoms. The van der Waals surface area contributed by atoms with Gasteiger partial charge in [-0.15, -0.1) is 0 Å². The molecule has 2 aromatic rings. The number of aromatic carboxylic acids is 1. The fourth-order valence-corrected chi connectivity index (χ4v) is 2.64. The summed E-state index contributed by atoms with van der Waals surface area (Å²) < 4.78 is 41.0. The molecule has 2 aromatic heterocycles. The van der Waals surface area contributed by atoms with Gasteiger partial charge in [0.1, 0.15) is 11.2 Å². The monoisotopic (exact) mass is 548 g/mol. The number of hydrogen-bond donors (Lipinski definition) is 1. The first-order chi connectivity index (χ1) is 16.9. The number of aromatic nitrogens is 2. The Bertz CT molecular complexity index is 1160. The number of carboxylic acids is 1. The molecule has 0 unspecified atom stereocenters. The van der Waals surface area contributed by atoms with Gasteiger partial charge >= 0.3 is 42.7 Å². The van der Waals surface area contributed by atoms with E-state index in [0.717, 1.165) is 25.6 Å². The second kappa shape index (κ2) is 15.9. The third-order valence-electron chi connectivity index (χ3n) is 3.95. The Balaban J connectivity index is 0. The largest absolute Gasteiger partial charge is 1.00 e. The minimum atomic E-state index is -1.40. The molecule has 11 nitrogen and oxygen atoms in total. The van der Waals surface area contributed by atoms with Crippen molar-refractivity contribution in [3.05, 3.63) is 58.7 Å². The van der Waals surface area contributed by atoms with Crippen LogP contribution in [0.5, 0.6) is 0 Å². The van der Waals surface area contributed by atoms with Gasteiger partial charge in [0.05, 0.1) is 54.9 Å². The van der Waals surface area contributed by atoms with Crippen LogP contribution in [-0.4, -0.2) is 62.7 Å². The Hall–Kier alpha value is -3.40. The van der Waals surface area contributed by atoms with E-state index in [4.69, 9.17) is 14.6 Å². The van der Waals surface area contributed by atoms with Crippen molar-refractivity contribution >= 4 is 23.9 Å². The summed E-state index contributed by atoms with van der Waals surface area (Å²) in [4.78, 5) is 52.5. The Morgan fingerprint density at radius 1 is 0.795 bits per heavy atom. The van der Waals surface area contributed by atoms with Crippen LogP contribution in [0, 0.1) is 11.6 Å². The van der Waals surface area contributed by atoms with E-state index < -0.39 is 52.3 Å². The van der Waals surface area contributed by atoms with Crippen LogP contribution >= 0.6 is 0 Å². The quantitative estimate of drug-likeness (QED) is 0.303. The van der Waals surface area contributed by atoms with Crippen molar-refractivity contribution < 1.29 is 71.6 Å². The summed E-state index contributed by atoms with van der Waals surface area (Å²) in [5.41, 5.74) is -1.60. The number of carbonyl (C=O) groups is 4. The maximum absolute atomic E-state index is 13.3. The molecular weight excluding hydrogens is 517 g/mol. The molecule has 0 bridgehead atoms. The van der Waals surface area contributed by atoms with Crippen LogP contribution in [-0.2, 0) is 36.6 Å². The van der Waals surface area contributed by atoms with Gasteiger partial charge in [-0.3, -0.25) is 19.6 Å². The van der Waals surface area contributed by atoms with Crippen molar-refractivity contribution in [2.75, 3.05) is 7.11 Å². The maximum Gasteiger partial charge on any atom is 1.00 e. The van der Waals surface area contributed by atoms with Crippen molar-refractivity contribution in [3.8, 4) is 0 Å². The van der Waals surface area contributed by atoms with E-state index >= 15 is 0 Å². The van der Waals surface area contributed by atoms with E-state index in [-0.39, 0.29) is 54.1 Å². The average Bonchev–Trinajstić information content (AvgIpc) is 2.73. The van der Waals surface area contributed by atoms with Crippen LogP contribution in [0.2, 0.25) is 0 Å². The van der Waals surface area contributed by atoms with Gasteiger partial charge in [0.25, 0.3) is 0 Å². The summed E-state index contributed by atoms with van der Waals surface area (Å²) in [5, 5.41) is 8.73. The normalized spacial score (nSPS) is 10.5. The van der Waals surface area contributed by atoms with E-state index in [2.05, 4.69) is 14.7 Å². The third kappa shape index (κ3) is 14.4. The SMILES string of the molecule is CC(C)(C)OC(=O)Cc1cc(C(=O)O)c(F)cn1.COC(=O)c1cc(CC(=O)OC(C)(C)C)ncc1F.[Li+].[OH-]. The van der Waals surface area contributed by atoms with Gasteiger partial charge in [0, 0.05) is 0 Å². The molecule has 0 aliphatic rings. The first kappa shape index (κ1) is 37.7. The zero-order chi connectivity index (χ0) is 28.6. The van der Waals surface area contributed by atoms with Gasteiger partial charge in [0.15, 0.2) is 11.6 Å². The average molecular weight is 548 g/mol. The van der Waals surface area contributed by atoms with Crippen LogP contribution in [0.1, 0.15) is 73.6 Å². The van der Waals surface area contributed by atoms with Crippen molar-refractivity contribution in [1.29, 1.82) is 0 Å². The number of ether oxygens (including phenoxy) is 3. The van der Waals surface area contributed by atoms with Crippen molar-refractivity contribution in [1.82, 2.24) is 9.97 Å². The van der Waals surface area contributed by atoms with Crippen LogP contribution < -0.4 is 18.9 Å². The number of rotatable bonds is 6. The van der Waals surface area contributed by atoms with E-state index in [0.29, 0.717) is 0 Å². The first-order valence-corrected chi connectivity index (χ1v) is 11.0. The smallest absolute Gasteiger partial charge is 0.870 e. The Kier molecular flexibility index (Phi) is 15.4. The topological polar surface area (TPSA) is 172 Å². The summed E-state index contributed by atoms with van der Waals surface area (Å²) in [6.45, 7) is 10.4. The van der Waals surface area contributed by atoms with Crippen molar-refractivity contribution in [3.63, 3.8) is 0 Å². The molecule has 14 heteroatoms. The zero-order valence-corrected chi connectivity index (χ0v) is 23.1. The van der Waals surface area contributed by atoms with Crippen LogP contribution in [0.25, 0.3) is 0 Å². The molecule has 0 atom stereocenters. The van der Waals surface area contributed by atoms with Gasteiger partial charge in [0.2, 0.25) is 0 Å². The molecule has 0 fully saturated rings. The fourth-order valence-electron chi connectivity index (χ4n) is 2.64. The second-order valence-electron chi connectivity index (χ2n) is 9.63. The van der Waals surface area contributed by atoms with Crippen LogP contribution in [0.4, 0.5) is 8.78 Å². The van der Waals surface area contributed by atoms with Crippen molar-refractivity contribution in [2.45, 2.75) is 65.6 Å². The van der Waals surface area contributed by atoms with E-state index in [1.807, 2.05) is 0 Å². The molecule has 0 aliphatic heterocycles. The van der Waals surface area contributed by atoms with Gasteiger partial charge in [-0.05, 0) is 53.7 Å². The van der Waals surface area contributed by atoms with E-state index in [1.165, 1.54) is 6.07 Å². The zero-order valence-electron chi connectivity index (χ0n) is 23.1. The van der Waals surface area contributed by atoms with E-state index in [1.54, 1.807) is 41.5 Å². The van der Waals surface area contributed by atoms with Crippen molar-refractivity contribution in [2.24, 2.45) is 0 Å². The summed E-state index contributed by atoms with van der Waals surface area (Å²) >= 11 is 0. The number of nitrogens with zero attached hydrogens (tertiary/aromatic N) is 2. The minimum absolute atomic E-state index is 0. The Labute approximate surface area is 236 Å². The standard InChI is InChI=1S/C13H16FNO4.C12H14FNO4.Li.H2O/c1-13(2,3)19-11(16)6-8-5-9(12(17)18-4)10(14)7-15-8;1-12(2,3)18-10(15)5-7-4-8(11(16)17)9(13)6-14-7;;/h5,7H,6H2,1-4H3;4,6H,5H2,1-3H3,(H,16,17);;1H2/q;;+1;/p-1. The Morgan fingerprint density at radius 2 is 1.15 bits per heavy atom. The number of carboxylic acid groups (broad SMARTS) is 1. The summed E-state index contributed by atoms with van der Waals surface area (Å²) in [6, 6.07) is 2.21. The van der Waals surface area contributed by atoms with Gasteiger partial charge in [-0.2, -0.15) is 0 Å². The third-order valence-corrected chi connectivity index (χ3v) is 3.95. The van der Waals surface area contributed by atoms with Crippen LogP contribution in [0.15, 0.2) is 24.5 Å². The second-order valence-corrected chi connectivity index (χ2v) is 9.63. The van der Waals surface area contributed by atoms with Gasteiger partial charge in [-0.25, -0.2) is 18.4 Å². The molecule has 0 radical (unpaired) electrons. The molecule has 0 aliphatic carbocycles. The number of methoxy groups -OCH3 is 1. The molecule has 210 valence electrons. The van der Waals surface area contributed by atoms with Crippen LogP contribution in [0.3, 0.4) is 0 Å².